The molecule has 0 bridgehead atoms. The van der Waals surface area contributed by atoms with Gasteiger partial charge >= 0.3 is 0 Å². The van der Waals surface area contributed by atoms with Gasteiger partial charge in [0.05, 0.1) is 0 Å². The lowest BCUT2D eigenvalue weighted by Crippen LogP contribution is -2.43. The van der Waals surface area contributed by atoms with Crippen LogP contribution in [0.2, 0.25) is 0 Å². The fraction of sp³-hybridized carbons (Fsp3) is 0.600. The number of piperidine rings is 1. The lowest BCUT2D eigenvalue weighted by atomic mass is 10.2. The molecule has 0 radical (unpaired) electrons. The molecule has 2 rings (SSSR count). The maximum Gasteiger partial charge on any atom is 0.279 e. The molecule has 7 nitrogen and oxygen atoms in total. The molecule has 0 amide bonds. The second kappa shape index (κ2) is 6.08. The Morgan fingerprint density at radius 2 is 1.80 bits per heavy atom. The summed E-state index contributed by atoms with van der Waals surface area (Å²) in [6, 6.07) is 2.94. The van der Waals surface area contributed by atoms with Crippen molar-refractivity contribution in [2.45, 2.75) is 30.0 Å². The number of hydrogen-bond donors (Lipinski definition) is 2. The van der Waals surface area contributed by atoms with Crippen molar-refractivity contribution in [2.75, 3.05) is 13.1 Å². The van der Waals surface area contributed by atoms with Crippen LogP contribution in [0.25, 0.3) is 0 Å². The minimum absolute atomic E-state index is 0.0321. The number of nitrogens with one attached hydrogen (secondary N) is 1. The number of nitrogens with two attached hydrogens (primary N) is 1. The van der Waals surface area contributed by atoms with Crippen LogP contribution in [0.3, 0.4) is 0 Å². The summed E-state index contributed by atoms with van der Waals surface area (Å²) in [4.78, 5) is 0.606. The van der Waals surface area contributed by atoms with Crippen LogP contribution >= 0.6 is 11.3 Å². The van der Waals surface area contributed by atoms with Gasteiger partial charge in [-0.15, -0.1) is 11.3 Å². The smallest absolute Gasteiger partial charge is 0.224 e. The molecule has 2 heterocycles. The maximum atomic E-state index is 12.0. The number of nitrogens with zero attached hydrogens (tertiary/aromatic N) is 1. The third-order valence-electron chi connectivity index (χ3n) is 3.00. The molecule has 20 heavy (non-hydrogen) atoms. The molecule has 0 aliphatic carbocycles. The van der Waals surface area contributed by atoms with Crippen LogP contribution in [-0.4, -0.2) is 34.2 Å². The molecule has 114 valence electrons. The van der Waals surface area contributed by atoms with Crippen LogP contribution < -0.4 is 9.86 Å². The van der Waals surface area contributed by atoms with Gasteiger partial charge in [-0.3, -0.25) is 0 Å². The number of thiophene rings is 1. The van der Waals surface area contributed by atoms with Crippen LogP contribution in [-0.2, 0) is 26.8 Å². The zero-order chi connectivity index (χ0) is 14.8. The fourth-order valence-electron chi connectivity index (χ4n) is 1.97. The van der Waals surface area contributed by atoms with Crippen molar-refractivity contribution in [3.63, 3.8) is 0 Å². The van der Waals surface area contributed by atoms with Gasteiger partial charge in [0, 0.05) is 24.5 Å². The van der Waals surface area contributed by atoms with Crippen LogP contribution in [0.15, 0.2) is 16.3 Å². The Kier molecular flexibility index (Phi) is 4.82. The van der Waals surface area contributed by atoms with Crippen molar-refractivity contribution < 1.29 is 16.8 Å². The Bertz CT molecular complexity index is 660. The predicted octanol–water partition coefficient (Wildman–Crippen LogP) is 0.216. The van der Waals surface area contributed by atoms with E-state index in [-0.39, 0.29) is 10.8 Å². The van der Waals surface area contributed by atoms with Crippen molar-refractivity contribution in [1.29, 1.82) is 0 Å². The first-order valence-corrected chi connectivity index (χ1v) is 9.95. The average molecular weight is 339 g/mol. The largest absolute Gasteiger partial charge is 0.279 e. The molecule has 0 saturated carbocycles. The van der Waals surface area contributed by atoms with Gasteiger partial charge in [0.2, 0.25) is 10.0 Å². The van der Waals surface area contributed by atoms with Crippen molar-refractivity contribution in [2.24, 2.45) is 5.14 Å². The van der Waals surface area contributed by atoms with Gasteiger partial charge in [-0.25, -0.2) is 13.6 Å². The predicted molar refractivity (Wildman–Crippen MR) is 76.9 cm³/mol. The summed E-state index contributed by atoms with van der Waals surface area (Å²) in [5, 5.41) is 5.00. The lowest BCUT2D eigenvalue weighted by Gasteiger charge is -2.25. The fourth-order valence-corrected chi connectivity index (χ4v) is 5.03. The van der Waals surface area contributed by atoms with Gasteiger partial charge in [0.15, 0.2) is 0 Å². The van der Waals surface area contributed by atoms with Crippen LogP contribution in [0.1, 0.15) is 24.1 Å². The van der Waals surface area contributed by atoms with E-state index in [0.29, 0.717) is 18.0 Å². The number of sulfonamides is 1. The Labute approximate surface area is 123 Å². The molecule has 0 unspecified atom stereocenters. The molecule has 3 N–H and O–H groups in total. The van der Waals surface area contributed by atoms with Gasteiger partial charge in [0.25, 0.3) is 10.2 Å². The second-order valence-electron chi connectivity index (χ2n) is 4.55. The van der Waals surface area contributed by atoms with E-state index in [0.717, 1.165) is 30.6 Å². The second-order valence-corrected chi connectivity index (χ2v) is 9.26. The molecule has 1 aromatic heterocycles. The molecule has 1 aromatic rings. The molecule has 1 fully saturated rings. The highest BCUT2D eigenvalue weighted by molar-refractivity contribution is 7.91. The van der Waals surface area contributed by atoms with Gasteiger partial charge in [0.1, 0.15) is 4.21 Å². The first-order valence-electron chi connectivity index (χ1n) is 6.15. The van der Waals surface area contributed by atoms with E-state index in [1.54, 1.807) is 6.07 Å². The van der Waals surface area contributed by atoms with E-state index in [4.69, 9.17) is 5.14 Å². The topological polar surface area (TPSA) is 110 Å². The standard InChI is InChI=1S/C10H17N3O4S3/c11-19(14,15)10-5-4-9(18-10)8-12-20(16,17)13-6-2-1-3-7-13/h4-5,12H,1-3,6-8H2,(H2,11,14,15). The van der Waals surface area contributed by atoms with Gasteiger partial charge in [-0.2, -0.15) is 17.4 Å². The highest BCUT2D eigenvalue weighted by atomic mass is 32.2. The number of hydrogen-bond acceptors (Lipinski definition) is 5. The Hall–Kier alpha value is -0.520. The summed E-state index contributed by atoms with van der Waals surface area (Å²) in [7, 11) is -7.22. The zero-order valence-corrected chi connectivity index (χ0v) is 13.2. The summed E-state index contributed by atoms with van der Waals surface area (Å²) >= 11 is 0.969. The van der Waals surface area contributed by atoms with Crippen molar-refractivity contribution in [3.8, 4) is 0 Å². The highest BCUT2D eigenvalue weighted by Gasteiger charge is 2.23. The quantitative estimate of drug-likeness (QED) is 0.799. The van der Waals surface area contributed by atoms with Crippen LogP contribution in [0.4, 0.5) is 0 Å². The lowest BCUT2D eigenvalue weighted by molar-refractivity contribution is 0.341. The minimum atomic E-state index is -3.73. The molecule has 0 spiro atoms. The molecule has 1 aliphatic heterocycles. The Balaban J connectivity index is 1.99. The summed E-state index contributed by atoms with van der Waals surface area (Å²) < 4.78 is 50.3. The van der Waals surface area contributed by atoms with Gasteiger partial charge in [-0.05, 0) is 25.0 Å². The normalized spacial score (nSPS) is 18.2. The van der Waals surface area contributed by atoms with E-state index >= 15 is 0 Å². The van der Waals surface area contributed by atoms with Crippen molar-refractivity contribution in [3.05, 3.63) is 17.0 Å². The molecule has 1 aliphatic rings. The van der Waals surface area contributed by atoms with E-state index < -0.39 is 20.2 Å². The van der Waals surface area contributed by atoms with Crippen molar-refractivity contribution in [1.82, 2.24) is 9.03 Å². The number of rotatable bonds is 5. The minimum Gasteiger partial charge on any atom is -0.224 e. The molecule has 10 heteroatoms. The Morgan fingerprint density at radius 3 is 2.35 bits per heavy atom. The molecule has 0 atom stereocenters. The SMILES string of the molecule is NS(=O)(=O)c1ccc(CNS(=O)(=O)N2CCCCC2)s1. The van der Waals surface area contributed by atoms with Crippen LogP contribution in [0, 0.1) is 0 Å². The van der Waals surface area contributed by atoms with E-state index in [2.05, 4.69) is 4.72 Å². The number of primary sulfonamides is 1. The van der Waals surface area contributed by atoms with Crippen LogP contribution in [0.5, 0.6) is 0 Å². The monoisotopic (exact) mass is 339 g/mol. The van der Waals surface area contributed by atoms with Gasteiger partial charge < -0.3 is 0 Å². The van der Waals surface area contributed by atoms with Gasteiger partial charge in [-0.1, -0.05) is 6.42 Å². The first-order chi connectivity index (χ1) is 9.29. The Morgan fingerprint density at radius 1 is 1.15 bits per heavy atom. The summed E-state index contributed by atoms with van der Waals surface area (Å²) in [6.07, 6.45) is 2.79. The van der Waals surface area contributed by atoms with Crippen molar-refractivity contribution >= 4 is 31.6 Å². The van der Waals surface area contributed by atoms with E-state index in [1.165, 1.54) is 10.4 Å². The third-order valence-corrected chi connectivity index (χ3v) is 7.08. The molecule has 0 aromatic carbocycles. The summed E-state index contributed by atoms with van der Waals surface area (Å²) in [5.41, 5.74) is 0. The third kappa shape index (κ3) is 3.99. The molecular weight excluding hydrogens is 322 g/mol. The average Bonchev–Trinajstić information content (AvgIpc) is 2.86. The summed E-state index contributed by atoms with van der Waals surface area (Å²) in [6.45, 7) is 1.13. The van der Waals surface area contributed by atoms with E-state index in [9.17, 15) is 16.8 Å². The zero-order valence-electron chi connectivity index (χ0n) is 10.8. The first kappa shape index (κ1) is 15.9. The van der Waals surface area contributed by atoms with E-state index in [1.807, 2.05) is 0 Å². The molecule has 1 saturated heterocycles. The summed E-state index contributed by atoms with van der Waals surface area (Å²) in [5.74, 6) is 0. The molecular formula is C10H17N3O4S3. The maximum absolute atomic E-state index is 12.0. The highest BCUT2D eigenvalue weighted by Crippen LogP contribution is 2.20.